The third kappa shape index (κ3) is 3.20. The van der Waals surface area contributed by atoms with Gasteiger partial charge in [-0.2, -0.15) is 0 Å². The van der Waals surface area contributed by atoms with Crippen LogP contribution in [0.3, 0.4) is 0 Å². The molecule has 0 amide bonds. The molecule has 0 aromatic carbocycles. The molecular formula is C12H26N2O2S. The van der Waals surface area contributed by atoms with E-state index in [1.807, 2.05) is 6.92 Å². The molecule has 1 saturated heterocycles. The fraction of sp³-hybridized carbons (Fsp3) is 1.00. The van der Waals surface area contributed by atoms with E-state index in [0.717, 1.165) is 25.7 Å². The van der Waals surface area contributed by atoms with E-state index in [2.05, 4.69) is 26.2 Å². The fourth-order valence-electron chi connectivity index (χ4n) is 2.79. The summed E-state index contributed by atoms with van der Waals surface area (Å²) in [5.41, 5.74) is 2.83. The highest BCUT2D eigenvalue weighted by Gasteiger charge is 2.44. The van der Waals surface area contributed by atoms with Crippen molar-refractivity contribution in [3.8, 4) is 0 Å². The topological polar surface area (TPSA) is 49.4 Å². The van der Waals surface area contributed by atoms with Gasteiger partial charge in [-0.25, -0.2) is 13.8 Å². The van der Waals surface area contributed by atoms with Crippen LogP contribution in [-0.4, -0.2) is 31.2 Å². The highest BCUT2D eigenvalue weighted by Crippen LogP contribution is 2.37. The predicted octanol–water partition coefficient (Wildman–Crippen LogP) is 2.13. The third-order valence-electron chi connectivity index (χ3n) is 3.59. The molecule has 5 heteroatoms. The number of hydrazine groups is 1. The maximum atomic E-state index is 12.5. The molecule has 0 aliphatic carbocycles. The Kier molecular flexibility index (Phi) is 4.98. The van der Waals surface area contributed by atoms with E-state index in [1.54, 1.807) is 0 Å². The normalized spacial score (nSPS) is 26.0. The van der Waals surface area contributed by atoms with Gasteiger partial charge in [0.15, 0.2) is 0 Å². The van der Waals surface area contributed by atoms with Gasteiger partial charge in [0.05, 0.1) is 5.25 Å². The van der Waals surface area contributed by atoms with Crippen molar-refractivity contribution >= 4 is 10.0 Å². The molecule has 1 unspecified atom stereocenters. The summed E-state index contributed by atoms with van der Waals surface area (Å²) in [4.78, 5) is 0. The number of nitrogens with one attached hydrogen (secondary N) is 1. The molecule has 0 aromatic rings. The van der Waals surface area contributed by atoms with E-state index < -0.39 is 10.0 Å². The van der Waals surface area contributed by atoms with Crippen LogP contribution in [0.2, 0.25) is 0 Å². The Morgan fingerprint density at radius 2 is 2.00 bits per heavy atom. The van der Waals surface area contributed by atoms with E-state index in [9.17, 15) is 8.42 Å². The predicted molar refractivity (Wildman–Crippen MR) is 71.0 cm³/mol. The molecule has 0 saturated carbocycles. The summed E-state index contributed by atoms with van der Waals surface area (Å²) in [6.07, 6.45) is 3.72. The minimum atomic E-state index is -3.18. The number of hydrogen-bond donors (Lipinski definition) is 1. The van der Waals surface area contributed by atoms with Crippen molar-refractivity contribution < 1.29 is 8.42 Å². The SMILES string of the molecule is CCCC(C)(C)C1CCCN(NCC)S1(=O)=O. The quantitative estimate of drug-likeness (QED) is 0.826. The number of sulfonamides is 1. The first-order valence-electron chi connectivity index (χ1n) is 6.61. The van der Waals surface area contributed by atoms with Crippen molar-refractivity contribution in [2.75, 3.05) is 13.1 Å². The van der Waals surface area contributed by atoms with Crippen LogP contribution in [0.4, 0.5) is 0 Å². The van der Waals surface area contributed by atoms with E-state index in [4.69, 9.17) is 0 Å². The van der Waals surface area contributed by atoms with Gasteiger partial charge in [-0.3, -0.25) is 0 Å². The van der Waals surface area contributed by atoms with Gasteiger partial charge in [0.2, 0.25) is 10.0 Å². The van der Waals surface area contributed by atoms with Gasteiger partial charge in [-0.05, 0) is 24.7 Å². The number of nitrogens with zero attached hydrogens (tertiary/aromatic N) is 1. The summed E-state index contributed by atoms with van der Waals surface area (Å²) in [5.74, 6) is 0. The average Bonchev–Trinajstić information content (AvgIpc) is 2.20. The second-order valence-electron chi connectivity index (χ2n) is 5.50. The van der Waals surface area contributed by atoms with Crippen LogP contribution in [0.25, 0.3) is 0 Å². The van der Waals surface area contributed by atoms with Crippen molar-refractivity contribution in [1.82, 2.24) is 9.84 Å². The zero-order valence-electron chi connectivity index (χ0n) is 11.5. The van der Waals surface area contributed by atoms with Gasteiger partial charge >= 0.3 is 0 Å². The first kappa shape index (κ1) is 14.9. The third-order valence-corrected chi connectivity index (χ3v) is 6.11. The van der Waals surface area contributed by atoms with E-state index in [1.165, 1.54) is 4.41 Å². The lowest BCUT2D eigenvalue weighted by Gasteiger charge is -2.40. The van der Waals surface area contributed by atoms with Crippen molar-refractivity contribution in [3.63, 3.8) is 0 Å². The monoisotopic (exact) mass is 262 g/mol. The summed E-state index contributed by atoms with van der Waals surface area (Å²) in [6.45, 7) is 9.45. The highest BCUT2D eigenvalue weighted by atomic mass is 32.2. The van der Waals surface area contributed by atoms with Gasteiger partial charge in [-0.1, -0.05) is 34.1 Å². The van der Waals surface area contributed by atoms with Gasteiger partial charge in [0, 0.05) is 13.1 Å². The summed E-state index contributed by atoms with van der Waals surface area (Å²) in [6, 6.07) is 0. The van der Waals surface area contributed by atoms with Crippen LogP contribution in [-0.2, 0) is 10.0 Å². The van der Waals surface area contributed by atoms with Crippen LogP contribution >= 0.6 is 0 Å². The maximum Gasteiger partial charge on any atom is 0.230 e. The molecule has 1 N–H and O–H groups in total. The lowest BCUT2D eigenvalue weighted by Crippen LogP contribution is -2.54. The largest absolute Gasteiger partial charge is 0.242 e. The standard InChI is InChI=1S/C12H26N2O2S/c1-5-9-12(3,4)11-8-7-10-14(13-6-2)17(11,15)16/h11,13H,5-10H2,1-4H3. The number of rotatable bonds is 5. The Hall–Kier alpha value is -0.130. The van der Waals surface area contributed by atoms with E-state index >= 15 is 0 Å². The average molecular weight is 262 g/mol. The van der Waals surface area contributed by atoms with Crippen LogP contribution in [0.5, 0.6) is 0 Å². The summed E-state index contributed by atoms with van der Waals surface area (Å²) in [7, 11) is -3.18. The Balaban J connectivity index is 2.92. The van der Waals surface area contributed by atoms with Crippen LogP contribution in [0, 0.1) is 5.41 Å². The molecule has 1 fully saturated rings. The Bertz CT molecular complexity index is 336. The first-order chi connectivity index (χ1) is 7.86. The zero-order valence-corrected chi connectivity index (χ0v) is 12.3. The summed E-state index contributed by atoms with van der Waals surface area (Å²) >= 11 is 0. The van der Waals surface area contributed by atoms with E-state index in [-0.39, 0.29) is 10.7 Å². The van der Waals surface area contributed by atoms with Crippen molar-refractivity contribution in [2.45, 2.75) is 58.6 Å². The van der Waals surface area contributed by atoms with Gasteiger partial charge in [-0.15, -0.1) is 4.41 Å². The summed E-state index contributed by atoms with van der Waals surface area (Å²) in [5, 5.41) is -0.247. The molecule has 1 atom stereocenters. The Morgan fingerprint density at radius 3 is 2.53 bits per heavy atom. The second kappa shape index (κ2) is 5.67. The van der Waals surface area contributed by atoms with Crippen LogP contribution in [0.15, 0.2) is 0 Å². The Labute approximate surface area is 106 Å². The lowest BCUT2D eigenvalue weighted by molar-refractivity contribution is 0.229. The molecule has 1 rings (SSSR count). The molecule has 1 aliphatic rings. The molecule has 4 nitrogen and oxygen atoms in total. The zero-order chi connectivity index (χ0) is 13.1. The molecule has 1 aliphatic heterocycles. The molecular weight excluding hydrogens is 236 g/mol. The fourth-order valence-corrected chi connectivity index (χ4v) is 5.18. The molecule has 0 spiro atoms. The van der Waals surface area contributed by atoms with E-state index in [0.29, 0.717) is 13.1 Å². The van der Waals surface area contributed by atoms with Gasteiger partial charge < -0.3 is 0 Å². The molecule has 17 heavy (non-hydrogen) atoms. The molecule has 0 bridgehead atoms. The van der Waals surface area contributed by atoms with Gasteiger partial charge in [0.1, 0.15) is 0 Å². The maximum absolute atomic E-state index is 12.5. The highest BCUT2D eigenvalue weighted by molar-refractivity contribution is 7.89. The van der Waals surface area contributed by atoms with Crippen molar-refractivity contribution in [1.29, 1.82) is 0 Å². The second-order valence-corrected chi connectivity index (χ2v) is 7.54. The Morgan fingerprint density at radius 1 is 1.35 bits per heavy atom. The molecule has 0 aromatic heterocycles. The molecule has 0 radical (unpaired) electrons. The minimum Gasteiger partial charge on any atom is -0.242 e. The smallest absolute Gasteiger partial charge is 0.230 e. The van der Waals surface area contributed by atoms with Crippen LogP contribution < -0.4 is 5.43 Å². The van der Waals surface area contributed by atoms with Crippen molar-refractivity contribution in [3.05, 3.63) is 0 Å². The van der Waals surface area contributed by atoms with Crippen molar-refractivity contribution in [2.24, 2.45) is 5.41 Å². The van der Waals surface area contributed by atoms with Crippen LogP contribution in [0.1, 0.15) is 53.4 Å². The number of hydrogen-bond acceptors (Lipinski definition) is 3. The molecule has 1 heterocycles. The van der Waals surface area contributed by atoms with Gasteiger partial charge in [0.25, 0.3) is 0 Å². The minimum absolute atomic E-state index is 0.137. The summed E-state index contributed by atoms with van der Waals surface area (Å²) < 4.78 is 26.4. The first-order valence-corrected chi connectivity index (χ1v) is 8.11. The molecule has 102 valence electrons. The lowest BCUT2D eigenvalue weighted by atomic mass is 9.82.